The largest absolute Gasteiger partial charge is 0.371 e. The predicted molar refractivity (Wildman–Crippen MR) is 181 cm³/mol. The van der Waals surface area contributed by atoms with Crippen LogP contribution in [0.25, 0.3) is 0 Å². The first-order valence-corrected chi connectivity index (χ1v) is 16.5. The highest BCUT2D eigenvalue weighted by Crippen LogP contribution is 2.33. The van der Waals surface area contributed by atoms with Gasteiger partial charge in [0, 0.05) is 68.4 Å². The van der Waals surface area contributed by atoms with Gasteiger partial charge < -0.3 is 30.2 Å². The Morgan fingerprint density at radius 1 is 0.682 bits per heavy atom. The summed E-state index contributed by atoms with van der Waals surface area (Å²) in [5.41, 5.74) is 5.11. The lowest BCUT2D eigenvalue weighted by atomic mass is 10.1. The van der Waals surface area contributed by atoms with Crippen LogP contribution in [0.4, 0.5) is 27.5 Å². The average molecular weight is 636 g/mol. The second-order valence-electron chi connectivity index (χ2n) is 11.9. The van der Waals surface area contributed by atoms with Crippen molar-refractivity contribution < 1.29 is 9.59 Å². The molecule has 3 aliphatic rings. The molecular weight excluding hydrogens is 595 g/mol. The predicted octanol–water partition coefficient (Wildman–Crippen LogP) is 6.84. The van der Waals surface area contributed by atoms with Gasteiger partial charge in [-0.1, -0.05) is 29.3 Å². The molecule has 3 saturated heterocycles. The molecule has 10 heteroatoms. The SMILES string of the molecule is O=C(Nc1cccc(N2CCCC2)c1)c1ccc(N2CCN(C(=O)Nc3c(Cl)cc(CCN4CCCC4)cc3Cl)CC2)cc1. The lowest BCUT2D eigenvalue weighted by Crippen LogP contribution is -2.50. The molecule has 232 valence electrons. The Labute approximate surface area is 269 Å². The van der Waals surface area contributed by atoms with Gasteiger partial charge in [-0.3, -0.25) is 4.79 Å². The molecule has 0 atom stereocenters. The van der Waals surface area contributed by atoms with Crippen molar-refractivity contribution in [3.05, 3.63) is 81.8 Å². The van der Waals surface area contributed by atoms with E-state index < -0.39 is 0 Å². The number of nitrogens with zero attached hydrogens (tertiary/aromatic N) is 4. The topological polar surface area (TPSA) is 71.2 Å². The van der Waals surface area contributed by atoms with Crippen molar-refractivity contribution in [1.82, 2.24) is 9.80 Å². The van der Waals surface area contributed by atoms with E-state index in [0.29, 0.717) is 47.5 Å². The number of amides is 3. The second kappa shape index (κ2) is 14.1. The maximum Gasteiger partial charge on any atom is 0.322 e. The van der Waals surface area contributed by atoms with E-state index in [0.717, 1.165) is 61.8 Å². The first-order valence-electron chi connectivity index (χ1n) is 15.7. The van der Waals surface area contributed by atoms with Gasteiger partial charge in [0.25, 0.3) is 5.91 Å². The van der Waals surface area contributed by atoms with Crippen molar-refractivity contribution in [3.8, 4) is 0 Å². The summed E-state index contributed by atoms with van der Waals surface area (Å²) in [6.45, 7) is 7.90. The molecule has 3 fully saturated rings. The molecule has 0 radical (unpaired) electrons. The number of urea groups is 1. The molecule has 0 aliphatic carbocycles. The maximum absolute atomic E-state index is 13.1. The minimum atomic E-state index is -0.209. The number of nitrogens with one attached hydrogen (secondary N) is 2. The third kappa shape index (κ3) is 7.42. The third-order valence-corrected chi connectivity index (χ3v) is 9.48. The fourth-order valence-corrected chi connectivity index (χ4v) is 6.95. The van der Waals surface area contributed by atoms with E-state index in [1.807, 2.05) is 54.6 Å². The van der Waals surface area contributed by atoms with Crippen LogP contribution in [-0.2, 0) is 6.42 Å². The zero-order chi connectivity index (χ0) is 30.5. The molecule has 44 heavy (non-hydrogen) atoms. The summed E-state index contributed by atoms with van der Waals surface area (Å²) in [5, 5.41) is 6.89. The number of anilines is 4. The van der Waals surface area contributed by atoms with Gasteiger partial charge in [0.2, 0.25) is 0 Å². The van der Waals surface area contributed by atoms with E-state index in [2.05, 4.69) is 31.4 Å². The minimum absolute atomic E-state index is 0.131. The summed E-state index contributed by atoms with van der Waals surface area (Å²) in [6.07, 6.45) is 5.83. The van der Waals surface area contributed by atoms with Gasteiger partial charge in [0.15, 0.2) is 0 Å². The number of hydrogen-bond donors (Lipinski definition) is 2. The van der Waals surface area contributed by atoms with E-state index in [9.17, 15) is 9.59 Å². The Morgan fingerprint density at radius 2 is 1.32 bits per heavy atom. The highest BCUT2D eigenvalue weighted by Gasteiger charge is 2.23. The Hall–Kier alpha value is -3.46. The maximum atomic E-state index is 13.1. The molecule has 6 rings (SSSR count). The van der Waals surface area contributed by atoms with Crippen LogP contribution in [0.1, 0.15) is 41.6 Å². The van der Waals surface area contributed by atoms with Crippen molar-refractivity contribution in [2.24, 2.45) is 0 Å². The summed E-state index contributed by atoms with van der Waals surface area (Å²) in [4.78, 5) is 34.8. The monoisotopic (exact) mass is 634 g/mol. The van der Waals surface area contributed by atoms with Crippen LogP contribution < -0.4 is 20.4 Å². The zero-order valence-corrected chi connectivity index (χ0v) is 26.5. The highest BCUT2D eigenvalue weighted by atomic mass is 35.5. The van der Waals surface area contributed by atoms with Crippen LogP contribution in [0.5, 0.6) is 0 Å². The molecule has 0 aromatic heterocycles. The molecule has 0 unspecified atom stereocenters. The first-order chi connectivity index (χ1) is 21.4. The van der Waals surface area contributed by atoms with E-state index in [1.165, 1.54) is 25.7 Å². The van der Waals surface area contributed by atoms with Crippen LogP contribution in [-0.4, -0.2) is 80.6 Å². The minimum Gasteiger partial charge on any atom is -0.371 e. The normalized spacial score (nSPS) is 17.3. The number of carbonyl (C=O) groups is 2. The number of benzene rings is 3. The Morgan fingerprint density at radius 3 is 2.00 bits per heavy atom. The molecule has 8 nitrogen and oxygen atoms in total. The van der Waals surface area contributed by atoms with Crippen molar-refractivity contribution in [2.45, 2.75) is 32.1 Å². The number of piperazine rings is 1. The van der Waals surface area contributed by atoms with E-state index in [4.69, 9.17) is 23.2 Å². The highest BCUT2D eigenvalue weighted by molar-refractivity contribution is 6.39. The molecule has 3 aliphatic heterocycles. The zero-order valence-electron chi connectivity index (χ0n) is 25.0. The lowest BCUT2D eigenvalue weighted by molar-refractivity contribution is 0.102. The average Bonchev–Trinajstić information content (AvgIpc) is 3.77. The van der Waals surface area contributed by atoms with Crippen molar-refractivity contribution in [3.63, 3.8) is 0 Å². The van der Waals surface area contributed by atoms with Crippen LogP contribution in [0, 0.1) is 0 Å². The first kappa shape index (κ1) is 30.6. The Kier molecular flexibility index (Phi) is 9.79. The number of halogens is 2. The summed E-state index contributed by atoms with van der Waals surface area (Å²) in [5.74, 6) is -0.131. The standard InChI is InChI=1S/C34H40Cl2N6O2/c35-30-22-25(12-17-39-13-1-2-14-39)23-31(36)32(30)38-34(44)42-20-18-41(19-21-42)28-10-8-26(9-11-28)33(43)37-27-6-5-7-29(24-27)40-15-3-4-16-40/h5-11,22-24H,1-4,12-21H2,(H,37,43)(H,38,44). The lowest BCUT2D eigenvalue weighted by Gasteiger charge is -2.36. The fourth-order valence-electron chi connectivity index (χ4n) is 6.32. The van der Waals surface area contributed by atoms with Gasteiger partial charge in [-0.05, 0) is 105 Å². The van der Waals surface area contributed by atoms with Gasteiger partial charge in [-0.15, -0.1) is 0 Å². The molecule has 3 aromatic carbocycles. The van der Waals surface area contributed by atoms with Gasteiger partial charge >= 0.3 is 6.03 Å². The van der Waals surface area contributed by atoms with E-state index >= 15 is 0 Å². The van der Waals surface area contributed by atoms with Crippen molar-refractivity contribution in [1.29, 1.82) is 0 Å². The van der Waals surface area contributed by atoms with Crippen LogP contribution in [0.2, 0.25) is 10.0 Å². The van der Waals surface area contributed by atoms with Gasteiger partial charge in [-0.25, -0.2) is 4.79 Å². The molecular formula is C34H40Cl2N6O2. The smallest absolute Gasteiger partial charge is 0.322 e. The fraction of sp³-hybridized carbons (Fsp3) is 0.412. The molecule has 0 saturated carbocycles. The van der Waals surface area contributed by atoms with Gasteiger partial charge in [0.1, 0.15) is 0 Å². The van der Waals surface area contributed by atoms with Gasteiger partial charge in [-0.2, -0.15) is 0 Å². The molecule has 2 N–H and O–H groups in total. The van der Waals surface area contributed by atoms with Crippen molar-refractivity contribution in [2.75, 3.05) is 79.3 Å². The Balaban J connectivity index is 0.988. The van der Waals surface area contributed by atoms with Crippen LogP contribution in [0.3, 0.4) is 0 Å². The Bertz CT molecular complexity index is 1440. The number of rotatable bonds is 8. The van der Waals surface area contributed by atoms with Gasteiger partial charge in [0.05, 0.1) is 15.7 Å². The third-order valence-electron chi connectivity index (χ3n) is 8.89. The van der Waals surface area contributed by atoms with E-state index in [-0.39, 0.29) is 11.9 Å². The summed E-state index contributed by atoms with van der Waals surface area (Å²) < 4.78 is 0. The van der Waals surface area contributed by atoms with Crippen LogP contribution in [0.15, 0.2) is 60.7 Å². The molecule has 3 amide bonds. The number of carbonyl (C=O) groups excluding carboxylic acids is 2. The number of likely N-dealkylation sites (tertiary alicyclic amines) is 1. The summed E-state index contributed by atoms with van der Waals surface area (Å²) >= 11 is 13.1. The van der Waals surface area contributed by atoms with E-state index in [1.54, 1.807) is 4.90 Å². The molecule has 0 spiro atoms. The van der Waals surface area contributed by atoms with Crippen molar-refractivity contribution >= 4 is 57.9 Å². The van der Waals surface area contributed by atoms with Crippen LogP contribution >= 0.6 is 23.2 Å². The quantitative estimate of drug-likeness (QED) is 0.284. The molecule has 0 bridgehead atoms. The molecule has 3 aromatic rings. The number of hydrogen-bond acceptors (Lipinski definition) is 5. The molecule has 3 heterocycles. The summed E-state index contributed by atoms with van der Waals surface area (Å²) in [7, 11) is 0. The second-order valence-corrected chi connectivity index (χ2v) is 12.7. The summed E-state index contributed by atoms with van der Waals surface area (Å²) in [6, 6.07) is 19.3.